The normalized spacial score (nSPS) is 11.2. The maximum atomic E-state index is 13.3. The molecule has 3 aromatic heterocycles. The highest BCUT2D eigenvalue weighted by molar-refractivity contribution is 7.98. The summed E-state index contributed by atoms with van der Waals surface area (Å²) in [5, 5.41) is 4.06. The van der Waals surface area contributed by atoms with Gasteiger partial charge in [-0.05, 0) is 31.9 Å². The fourth-order valence-electron chi connectivity index (χ4n) is 3.57. The molecule has 0 aliphatic heterocycles. The van der Waals surface area contributed by atoms with Crippen molar-refractivity contribution < 1.29 is 4.79 Å². The highest BCUT2D eigenvalue weighted by Crippen LogP contribution is 2.37. The van der Waals surface area contributed by atoms with E-state index in [1.165, 1.54) is 23.1 Å². The number of carbonyl (C=O) groups excluding carboxylic acids is 1. The monoisotopic (exact) mass is 484 g/mol. The van der Waals surface area contributed by atoms with Gasteiger partial charge in [-0.1, -0.05) is 42.1 Å². The molecule has 0 aliphatic carbocycles. The zero-order valence-corrected chi connectivity index (χ0v) is 20.9. The van der Waals surface area contributed by atoms with Crippen LogP contribution in [0, 0.1) is 6.92 Å². The molecule has 1 aromatic carbocycles. The molecule has 0 fully saturated rings. The van der Waals surface area contributed by atoms with E-state index >= 15 is 0 Å². The van der Waals surface area contributed by atoms with Crippen LogP contribution in [-0.2, 0) is 17.1 Å². The summed E-state index contributed by atoms with van der Waals surface area (Å²) >= 11 is 4.53. The zero-order valence-electron chi connectivity index (χ0n) is 18.4. The molecule has 3 heterocycles. The lowest BCUT2D eigenvalue weighted by atomic mass is 10.1. The van der Waals surface area contributed by atoms with Crippen molar-refractivity contribution in [2.75, 3.05) is 11.4 Å². The first-order chi connectivity index (χ1) is 15.4. The van der Waals surface area contributed by atoms with Gasteiger partial charge in [0.1, 0.15) is 4.83 Å². The quantitative estimate of drug-likeness (QED) is 0.253. The van der Waals surface area contributed by atoms with Crippen LogP contribution in [0.25, 0.3) is 20.7 Å². The van der Waals surface area contributed by atoms with Crippen LogP contribution in [0.2, 0.25) is 0 Å². The minimum Gasteiger partial charge on any atom is -0.289 e. The second-order valence-corrected chi connectivity index (χ2v) is 10.00. The van der Waals surface area contributed by atoms with Gasteiger partial charge in [0, 0.05) is 36.0 Å². The van der Waals surface area contributed by atoms with Crippen LogP contribution in [0.3, 0.4) is 0 Å². The van der Waals surface area contributed by atoms with Crippen molar-refractivity contribution in [1.29, 1.82) is 0 Å². The summed E-state index contributed by atoms with van der Waals surface area (Å²) in [4.78, 5) is 38.1. The van der Waals surface area contributed by atoms with Crippen molar-refractivity contribution in [2.24, 2.45) is 0 Å². The number of thiazole rings is 1. The Labute approximate surface area is 199 Å². The number of aromatic nitrogens is 3. The second kappa shape index (κ2) is 9.56. The molecule has 0 radical (unpaired) electrons. The molecule has 6 nitrogen and oxygen atoms in total. The number of rotatable bonds is 7. The number of carbonyl (C=O) groups is 1. The Morgan fingerprint density at radius 3 is 2.59 bits per heavy atom. The second-order valence-electron chi connectivity index (χ2n) is 7.22. The summed E-state index contributed by atoms with van der Waals surface area (Å²) in [5.41, 5.74) is 2.97. The Balaban J connectivity index is 1.67. The summed E-state index contributed by atoms with van der Waals surface area (Å²) in [6.45, 7) is 8.59. The Bertz CT molecular complexity index is 1320. The first-order valence-electron chi connectivity index (χ1n) is 10.4. The number of aryl methyl sites for hydroxylation is 1. The van der Waals surface area contributed by atoms with Gasteiger partial charge in [-0.15, -0.1) is 22.7 Å². The Kier molecular flexibility index (Phi) is 6.78. The summed E-state index contributed by atoms with van der Waals surface area (Å²) in [6.07, 6.45) is 0. The number of fused-ring (bicyclic) bond motifs is 1. The van der Waals surface area contributed by atoms with E-state index < -0.39 is 0 Å². The van der Waals surface area contributed by atoms with E-state index in [0.29, 0.717) is 34.5 Å². The predicted octanol–water partition coefficient (Wildman–Crippen LogP) is 5.57. The fraction of sp³-hybridized carbons (Fsp3) is 0.304. The largest absolute Gasteiger partial charge is 0.289 e. The number of thiophene rings is 1. The van der Waals surface area contributed by atoms with E-state index in [1.54, 1.807) is 27.7 Å². The van der Waals surface area contributed by atoms with E-state index in [0.717, 1.165) is 26.5 Å². The molecule has 4 rings (SSSR count). The smallest absolute Gasteiger partial charge is 0.263 e. The van der Waals surface area contributed by atoms with Gasteiger partial charge in [0.05, 0.1) is 11.1 Å². The number of hydrogen-bond donors (Lipinski definition) is 0. The maximum absolute atomic E-state index is 13.3. The summed E-state index contributed by atoms with van der Waals surface area (Å²) in [5.74, 6) is 0.565. The predicted molar refractivity (Wildman–Crippen MR) is 135 cm³/mol. The molecule has 0 saturated carbocycles. The minimum atomic E-state index is -0.0183. The number of thioether (sulfide) groups is 1. The molecule has 166 valence electrons. The van der Waals surface area contributed by atoms with Gasteiger partial charge in [0.2, 0.25) is 5.91 Å². The lowest BCUT2D eigenvalue weighted by Crippen LogP contribution is -2.27. The molecule has 32 heavy (non-hydrogen) atoms. The summed E-state index contributed by atoms with van der Waals surface area (Å²) < 4.78 is 1.74. The third-order valence-corrected chi connectivity index (χ3v) is 8.34. The molecular weight excluding hydrogens is 460 g/mol. The number of anilines is 1. The Morgan fingerprint density at radius 1 is 1.19 bits per heavy atom. The molecule has 0 unspecified atom stereocenters. The van der Waals surface area contributed by atoms with Gasteiger partial charge >= 0.3 is 0 Å². The zero-order chi connectivity index (χ0) is 22.8. The Morgan fingerprint density at radius 2 is 1.94 bits per heavy atom. The maximum Gasteiger partial charge on any atom is 0.263 e. The summed E-state index contributed by atoms with van der Waals surface area (Å²) in [7, 11) is 0. The molecule has 0 bridgehead atoms. The van der Waals surface area contributed by atoms with E-state index in [2.05, 4.69) is 17.1 Å². The molecule has 0 saturated heterocycles. The molecule has 1 amide bonds. The number of nitrogens with zero attached hydrogens (tertiary/aromatic N) is 4. The first-order valence-corrected chi connectivity index (χ1v) is 13.1. The van der Waals surface area contributed by atoms with Gasteiger partial charge in [-0.25, -0.2) is 9.97 Å². The van der Waals surface area contributed by atoms with E-state index in [1.807, 2.05) is 44.4 Å². The number of benzene rings is 1. The highest BCUT2D eigenvalue weighted by Gasteiger charge is 2.19. The van der Waals surface area contributed by atoms with Crippen LogP contribution >= 0.6 is 34.4 Å². The lowest BCUT2D eigenvalue weighted by molar-refractivity contribution is -0.116. The standard InChI is InChI=1S/C23H24N4O2S3/c1-5-26(15(4)28)22-24-17(12-30-22)13-31-23-25-20-18(21(29)27(23)6-2)14(3)19(32-20)16-10-8-7-9-11-16/h7-12H,5-6,13H2,1-4H3. The van der Waals surface area contributed by atoms with Crippen LogP contribution in [0.1, 0.15) is 32.0 Å². The van der Waals surface area contributed by atoms with Crippen LogP contribution in [0.15, 0.2) is 45.7 Å². The van der Waals surface area contributed by atoms with Crippen LogP contribution in [0.4, 0.5) is 5.13 Å². The molecule has 4 aromatic rings. The van der Waals surface area contributed by atoms with Gasteiger partial charge in [-0.2, -0.15) is 0 Å². The van der Waals surface area contributed by atoms with Crippen LogP contribution in [-0.4, -0.2) is 27.0 Å². The molecule has 0 atom stereocenters. The van der Waals surface area contributed by atoms with Gasteiger partial charge < -0.3 is 0 Å². The van der Waals surface area contributed by atoms with Crippen LogP contribution in [0.5, 0.6) is 0 Å². The Hall–Kier alpha value is -2.49. The lowest BCUT2D eigenvalue weighted by Gasteiger charge is -2.14. The average molecular weight is 485 g/mol. The van der Waals surface area contributed by atoms with Crippen LogP contribution < -0.4 is 10.5 Å². The molecule has 9 heteroatoms. The number of hydrogen-bond acceptors (Lipinski definition) is 7. The minimum absolute atomic E-state index is 0.00337. The van der Waals surface area contributed by atoms with Crippen molar-refractivity contribution in [1.82, 2.24) is 14.5 Å². The first kappa shape index (κ1) is 22.7. The van der Waals surface area contributed by atoms with Crippen molar-refractivity contribution in [3.8, 4) is 10.4 Å². The summed E-state index contributed by atoms with van der Waals surface area (Å²) in [6, 6.07) is 10.1. The van der Waals surface area contributed by atoms with Gasteiger partial charge in [0.25, 0.3) is 5.56 Å². The van der Waals surface area contributed by atoms with Crippen molar-refractivity contribution in [3.63, 3.8) is 0 Å². The molecular formula is C23H24N4O2S3. The third-order valence-electron chi connectivity index (χ3n) is 5.18. The molecule has 0 spiro atoms. The van der Waals surface area contributed by atoms with E-state index in [9.17, 15) is 9.59 Å². The van der Waals surface area contributed by atoms with E-state index in [-0.39, 0.29) is 11.5 Å². The van der Waals surface area contributed by atoms with Crippen molar-refractivity contribution in [3.05, 3.63) is 57.3 Å². The SMILES string of the molecule is CCN(C(C)=O)c1nc(CSc2nc3sc(-c4ccccc4)c(C)c3c(=O)n2CC)cs1. The number of amides is 1. The van der Waals surface area contributed by atoms with Gasteiger partial charge in [0.15, 0.2) is 10.3 Å². The topological polar surface area (TPSA) is 68.1 Å². The molecule has 0 N–H and O–H groups in total. The fourth-order valence-corrected chi connectivity index (χ4v) is 6.79. The van der Waals surface area contributed by atoms with E-state index in [4.69, 9.17) is 4.98 Å². The third kappa shape index (κ3) is 4.24. The average Bonchev–Trinajstić information content (AvgIpc) is 3.38. The van der Waals surface area contributed by atoms with Crippen molar-refractivity contribution >= 4 is 55.7 Å². The molecule has 0 aliphatic rings. The highest BCUT2D eigenvalue weighted by atomic mass is 32.2. The van der Waals surface area contributed by atoms with Crippen molar-refractivity contribution in [2.45, 2.75) is 45.1 Å². The van der Waals surface area contributed by atoms with Gasteiger partial charge in [-0.3, -0.25) is 19.1 Å².